The summed E-state index contributed by atoms with van der Waals surface area (Å²) in [7, 11) is 0. The molecule has 0 bridgehead atoms. The summed E-state index contributed by atoms with van der Waals surface area (Å²) >= 11 is 0. The zero-order chi connectivity index (χ0) is 17.3. The Labute approximate surface area is 146 Å². The maximum atomic E-state index is 12.0. The van der Waals surface area contributed by atoms with Crippen LogP contribution in [0.1, 0.15) is 0 Å². The van der Waals surface area contributed by atoms with Crippen molar-refractivity contribution >= 4 is 11.6 Å². The monoisotopic (exact) mass is 336 g/mol. The summed E-state index contributed by atoms with van der Waals surface area (Å²) in [6.07, 6.45) is 3.58. The van der Waals surface area contributed by atoms with Crippen LogP contribution in [-0.4, -0.2) is 35.4 Å². The van der Waals surface area contributed by atoms with Crippen molar-refractivity contribution in [3.05, 3.63) is 73.1 Å². The fourth-order valence-electron chi connectivity index (χ4n) is 2.35. The maximum absolute atomic E-state index is 12.0. The van der Waals surface area contributed by atoms with Gasteiger partial charge in [0.05, 0.1) is 24.5 Å². The number of carbonyl (C=O) groups is 1. The third kappa shape index (κ3) is 4.84. The topological polar surface area (TPSA) is 68.2 Å². The molecule has 2 aromatic carbocycles. The Morgan fingerprint density at radius 2 is 1.84 bits per heavy atom. The molecule has 0 aliphatic heterocycles. The Hall–Kier alpha value is -3.28. The average Bonchev–Trinajstić information content (AvgIpc) is 3.19. The maximum Gasteiger partial charge on any atom is 0.239 e. The summed E-state index contributed by atoms with van der Waals surface area (Å²) in [5.74, 6) is 0.704. The van der Waals surface area contributed by atoms with E-state index in [4.69, 9.17) is 4.74 Å². The van der Waals surface area contributed by atoms with Gasteiger partial charge in [0.1, 0.15) is 12.4 Å². The van der Waals surface area contributed by atoms with E-state index in [1.165, 1.54) is 0 Å². The number of aromatic nitrogens is 2. The van der Waals surface area contributed by atoms with E-state index in [1.54, 1.807) is 10.9 Å². The predicted molar refractivity (Wildman–Crippen MR) is 97.0 cm³/mol. The molecule has 1 heterocycles. The van der Waals surface area contributed by atoms with Gasteiger partial charge in [-0.3, -0.25) is 4.79 Å². The lowest BCUT2D eigenvalue weighted by molar-refractivity contribution is -0.119. The van der Waals surface area contributed by atoms with Crippen molar-refractivity contribution in [1.29, 1.82) is 0 Å². The molecule has 3 aromatic rings. The minimum absolute atomic E-state index is 0.0908. The van der Waals surface area contributed by atoms with Gasteiger partial charge in [-0.05, 0) is 30.3 Å². The van der Waals surface area contributed by atoms with E-state index in [0.717, 1.165) is 17.1 Å². The van der Waals surface area contributed by atoms with Crippen molar-refractivity contribution < 1.29 is 9.53 Å². The molecular formula is C19H20N4O2. The predicted octanol–water partition coefficient (Wildman–Crippen LogP) is 2.48. The van der Waals surface area contributed by atoms with Gasteiger partial charge in [-0.1, -0.05) is 30.3 Å². The molecule has 0 spiro atoms. The number of para-hydroxylation sites is 3. The summed E-state index contributed by atoms with van der Waals surface area (Å²) in [5, 5.41) is 10.2. The first-order valence-corrected chi connectivity index (χ1v) is 8.10. The molecule has 0 radical (unpaired) electrons. The number of nitrogens with one attached hydrogen (secondary N) is 2. The molecule has 0 atom stereocenters. The van der Waals surface area contributed by atoms with Crippen LogP contribution in [0.4, 0.5) is 5.69 Å². The molecule has 1 aromatic heterocycles. The van der Waals surface area contributed by atoms with Gasteiger partial charge in [0.2, 0.25) is 5.91 Å². The number of nitrogens with zero attached hydrogens (tertiary/aromatic N) is 2. The van der Waals surface area contributed by atoms with Gasteiger partial charge in [0, 0.05) is 12.4 Å². The molecule has 25 heavy (non-hydrogen) atoms. The first-order valence-electron chi connectivity index (χ1n) is 8.10. The first kappa shape index (κ1) is 16.6. The molecule has 1 amide bonds. The van der Waals surface area contributed by atoms with E-state index >= 15 is 0 Å². The van der Waals surface area contributed by atoms with Crippen LogP contribution in [0.3, 0.4) is 0 Å². The van der Waals surface area contributed by atoms with E-state index in [1.807, 2.05) is 66.9 Å². The van der Waals surface area contributed by atoms with E-state index in [0.29, 0.717) is 13.2 Å². The van der Waals surface area contributed by atoms with E-state index in [9.17, 15) is 4.79 Å². The standard InChI is InChI=1S/C19H20N4O2/c24-19(20-12-14-25-16-7-2-1-3-8-16)15-21-17-9-4-5-10-18(17)23-13-6-11-22-23/h1-11,13,21H,12,14-15H2,(H,20,24). The minimum atomic E-state index is -0.0908. The summed E-state index contributed by atoms with van der Waals surface area (Å²) < 4.78 is 7.30. The van der Waals surface area contributed by atoms with Crippen molar-refractivity contribution in [3.63, 3.8) is 0 Å². The molecular weight excluding hydrogens is 316 g/mol. The molecule has 128 valence electrons. The molecule has 0 fully saturated rings. The summed E-state index contributed by atoms with van der Waals surface area (Å²) in [5.41, 5.74) is 1.74. The Morgan fingerprint density at radius 1 is 1.04 bits per heavy atom. The van der Waals surface area contributed by atoms with E-state index in [2.05, 4.69) is 15.7 Å². The number of anilines is 1. The zero-order valence-electron chi connectivity index (χ0n) is 13.8. The summed E-state index contributed by atoms with van der Waals surface area (Å²) in [6.45, 7) is 1.07. The Balaban J connectivity index is 1.44. The van der Waals surface area contributed by atoms with Crippen LogP contribution in [0, 0.1) is 0 Å². The third-order valence-corrected chi connectivity index (χ3v) is 3.53. The van der Waals surface area contributed by atoms with Crippen LogP contribution in [0.25, 0.3) is 5.69 Å². The Morgan fingerprint density at radius 3 is 2.64 bits per heavy atom. The van der Waals surface area contributed by atoms with Gasteiger partial charge in [-0.2, -0.15) is 5.10 Å². The van der Waals surface area contributed by atoms with Gasteiger partial charge < -0.3 is 15.4 Å². The van der Waals surface area contributed by atoms with Gasteiger partial charge in [-0.25, -0.2) is 4.68 Å². The Kier molecular flexibility index (Phi) is 5.66. The van der Waals surface area contributed by atoms with Crippen LogP contribution in [-0.2, 0) is 4.79 Å². The third-order valence-electron chi connectivity index (χ3n) is 3.53. The lowest BCUT2D eigenvalue weighted by Gasteiger charge is -2.12. The molecule has 0 aliphatic carbocycles. The van der Waals surface area contributed by atoms with Crippen LogP contribution < -0.4 is 15.4 Å². The largest absolute Gasteiger partial charge is 0.492 e. The average molecular weight is 336 g/mol. The second-order valence-corrected chi connectivity index (χ2v) is 5.33. The quantitative estimate of drug-likeness (QED) is 0.620. The van der Waals surface area contributed by atoms with Gasteiger partial charge >= 0.3 is 0 Å². The number of hydrogen-bond acceptors (Lipinski definition) is 4. The number of ether oxygens (including phenoxy) is 1. The molecule has 3 rings (SSSR count). The van der Waals surface area contributed by atoms with E-state index in [-0.39, 0.29) is 12.5 Å². The number of amides is 1. The highest BCUT2D eigenvalue weighted by atomic mass is 16.5. The lowest BCUT2D eigenvalue weighted by Crippen LogP contribution is -2.33. The Bertz CT molecular complexity index is 788. The van der Waals surface area contributed by atoms with Crippen molar-refractivity contribution in [1.82, 2.24) is 15.1 Å². The molecule has 0 saturated heterocycles. The molecule has 6 nitrogen and oxygen atoms in total. The van der Waals surface area contributed by atoms with Crippen molar-refractivity contribution in [3.8, 4) is 11.4 Å². The van der Waals surface area contributed by atoms with Crippen molar-refractivity contribution in [2.24, 2.45) is 0 Å². The highest BCUT2D eigenvalue weighted by Crippen LogP contribution is 2.18. The number of benzene rings is 2. The smallest absolute Gasteiger partial charge is 0.239 e. The zero-order valence-corrected chi connectivity index (χ0v) is 13.8. The first-order chi connectivity index (χ1) is 12.3. The number of rotatable bonds is 8. The summed E-state index contributed by atoms with van der Waals surface area (Å²) in [6, 6.07) is 19.1. The molecule has 0 saturated carbocycles. The van der Waals surface area contributed by atoms with Crippen LogP contribution in [0.2, 0.25) is 0 Å². The lowest BCUT2D eigenvalue weighted by atomic mass is 10.2. The molecule has 2 N–H and O–H groups in total. The van der Waals surface area contributed by atoms with E-state index < -0.39 is 0 Å². The SMILES string of the molecule is O=C(CNc1ccccc1-n1cccn1)NCCOc1ccccc1. The van der Waals surface area contributed by atoms with Gasteiger partial charge in [-0.15, -0.1) is 0 Å². The van der Waals surface area contributed by atoms with Crippen LogP contribution in [0.15, 0.2) is 73.1 Å². The second kappa shape index (κ2) is 8.54. The van der Waals surface area contributed by atoms with Crippen LogP contribution in [0.5, 0.6) is 5.75 Å². The minimum Gasteiger partial charge on any atom is -0.492 e. The molecule has 6 heteroatoms. The fourth-order valence-corrected chi connectivity index (χ4v) is 2.35. The summed E-state index contributed by atoms with van der Waals surface area (Å²) in [4.78, 5) is 12.0. The van der Waals surface area contributed by atoms with Crippen molar-refractivity contribution in [2.45, 2.75) is 0 Å². The van der Waals surface area contributed by atoms with Crippen LogP contribution >= 0.6 is 0 Å². The number of carbonyl (C=O) groups excluding carboxylic acids is 1. The normalized spacial score (nSPS) is 10.2. The van der Waals surface area contributed by atoms with Gasteiger partial charge in [0.25, 0.3) is 0 Å². The van der Waals surface area contributed by atoms with Gasteiger partial charge in [0.15, 0.2) is 0 Å². The number of hydrogen-bond donors (Lipinski definition) is 2. The van der Waals surface area contributed by atoms with Crippen molar-refractivity contribution in [2.75, 3.05) is 25.0 Å². The molecule has 0 unspecified atom stereocenters. The highest BCUT2D eigenvalue weighted by Gasteiger charge is 2.06. The second-order valence-electron chi connectivity index (χ2n) is 5.33. The fraction of sp³-hybridized carbons (Fsp3) is 0.158. The highest BCUT2D eigenvalue weighted by molar-refractivity contribution is 5.81. The molecule has 0 aliphatic rings.